The van der Waals surface area contributed by atoms with Gasteiger partial charge in [-0.2, -0.15) is 5.10 Å². The lowest BCUT2D eigenvalue weighted by Gasteiger charge is -2.34. The number of benzene rings is 1. The zero-order chi connectivity index (χ0) is 18.8. The molecule has 0 atom stereocenters. The Hall–Kier alpha value is -3.35. The Balaban J connectivity index is 1.42. The number of ether oxygens (including phenoxy) is 1. The number of hydrogen-bond acceptors (Lipinski definition) is 4. The van der Waals surface area contributed by atoms with Crippen molar-refractivity contribution in [3.8, 4) is 5.75 Å². The van der Waals surface area contributed by atoms with Crippen molar-refractivity contribution in [3.05, 3.63) is 66.0 Å². The van der Waals surface area contributed by atoms with Crippen molar-refractivity contribution in [1.29, 1.82) is 0 Å². The molecule has 0 unspecified atom stereocenters. The maximum atomic E-state index is 12.8. The molecule has 4 rings (SSSR count). The Kier molecular flexibility index (Phi) is 4.50. The smallest absolute Gasteiger partial charge is 0.257 e. The van der Waals surface area contributed by atoms with Crippen molar-refractivity contribution in [2.75, 3.05) is 33.3 Å². The summed E-state index contributed by atoms with van der Waals surface area (Å²) in [5.74, 6) is 0.642. The summed E-state index contributed by atoms with van der Waals surface area (Å²) in [7, 11) is 1.59. The van der Waals surface area contributed by atoms with E-state index in [0.29, 0.717) is 37.3 Å². The first-order valence-electron chi connectivity index (χ1n) is 8.82. The fourth-order valence-corrected chi connectivity index (χ4v) is 3.30. The maximum absolute atomic E-state index is 12.8. The number of amides is 2. The molecule has 1 fully saturated rings. The van der Waals surface area contributed by atoms with Crippen LogP contribution in [0.1, 0.15) is 20.7 Å². The number of hydrogen-bond donors (Lipinski definition) is 0. The Morgan fingerprint density at radius 1 is 0.926 bits per heavy atom. The fourth-order valence-electron chi connectivity index (χ4n) is 3.30. The molecular formula is C20H20N4O3. The number of pyridine rings is 1. The number of aromatic nitrogens is 2. The molecule has 0 radical (unpaired) electrons. The summed E-state index contributed by atoms with van der Waals surface area (Å²) >= 11 is 0. The average molecular weight is 364 g/mol. The van der Waals surface area contributed by atoms with E-state index in [9.17, 15) is 9.59 Å². The minimum atomic E-state index is -0.0484. The van der Waals surface area contributed by atoms with Gasteiger partial charge < -0.3 is 14.5 Å². The molecule has 1 saturated heterocycles. The third-order valence-corrected chi connectivity index (χ3v) is 4.85. The summed E-state index contributed by atoms with van der Waals surface area (Å²) in [6, 6.07) is 12.7. The molecule has 2 aromatic heterocycles. The van der Waals surface area contributed by atoms with Gasteiger partial charge in [-0.05, 0) is 36.4 Å². The average Bonchev–Trinajstić information content (AvgIpc) is 3.17. The van der Waals surface area contributed by atoms with Crippen molar-refractivity contribution in [3.63, 3.8) is 0 Å². The van der Waals surface area contributed by atoms with E-state index in [0.717, 1.165) is 11.3 Å². The van der Waals surface area contributed by atoms with Crippen molar-refractivity contribution >= 4 is 17.3 Å². The number of carbonyl (C=O) groups is 2. The highest BCUT2D eigenvalue weighted by atomic mass is 16.5. The molecule has 3 aromatic rings. The Morgan fingerprint density at radius 2 is 1.59 bits per heavy atom. The SMILES string of the molecule is COc1ccc(C(=O)N2CCN(C(=O)c3cnn4ccccc34)CC2)cc1. The highest BCUT2D eigenvalue weighted by molar-refractivity contribution is 6.01. The van der Waals surface area contributed by atoms with Gasteiger partial charge in [-0.25, -0.2) is 4.52 Å². The summed E-state index contributed by atoms with van der Waals surface area (Å²) in [6.45, 7) is 2.03. The number of rotatable bonds is 3. The lowest BCUT2D eigenvalue weighted by molar-refractivity contribution is 0.0536. The molecule has 1 aliphatic heterocycles. The molecule has 0 N–H and O–H groups in total. The molecule has 0 saturated carbocycles. The second-order valence-corrected chi connectivity index (χ2v) is 6.40. The predicted molar refractivity (Wildman–Crippen MR) is 100.0 cm³/mol. The van der Waals surface area contributed by atoms with Gasteiger partial charge in [0.15, 0.2) is 0 Å². The normalized spacial score (nSPS) is 14.4. The van der Waals surface area contributed by atoms with E-state index in [1.165, 1.54) is 0 Å². The van der Waals surface area contributed by atoms with E-state index in [1.54, 1.807) is 51.9 Å². The summed E-state index contributed by atoms with van der Waals surface area (Å²) in [5, 5.41) is 4.23. The van der Waals surface area contributed by atoms with Gasteiger partial charge in [0.1, 0.15) is 5.75 Å². The molecule has 0 aliphatic carbocycles. The molecule has 1 aromatic carbocycles. The van der Waals surface area contributed by atoms with Gasteiger partial charge in [0, 0.05) is 37.9 Å². The molecule has 1 aliphatic rings. The summed E-state index contributed by atoms with van der Waals surface area (Å²) in [4.78, 5) is 29.1. The van der Waals surface area contributed by atoms with E-state index in [4.69, 9.17) is 4.74 Å². The second-order valence-electron chi connectivity index (χ2n) is 6.40. The third kappa shape index (κ3) is 3.23. The molecule has 0 spiro atoms. The van der Waals surface area contributed by atoms with Gasteiger partial charge >= 0.3 is 0 Å². The van der Waals surface area contributed by atoms with Crippen molar-refractivity contribution in [1.82, 2.24) is 19.4 Å². The molecule has 2 amide bonds. The standard InChI is InChI=1S/C20H20N4O3/c1-27-16-7-5-15(6-8-16)19(25)22-10-12-23(13-11-22)20(26)17-14-21-24-9-3-2-4-18(17)24/h2-9,14H,10-13H2,1H3. The number of carbonyl (C=O) groups excluding carboxylic acids is 2. The lowest BCUT2D eigenvalue weighted by atomic mass is 10.1. The largest absolute Gasteiger partial charge is 0.497 e. The van der Waals surface area contributed by atoms with Crippen LogP contribution in [0.5, 0.6) is 5.75 Å². The highest BCUT2D eigenvalue weighted by Gasteiger charge is 2.27. The molecule has 3 heterocycles. The van der Waals surface area contributed by atoms with Gasteiger partial charge in [0.2, 0.25) is 0 Å². The molecule has 0 bridgehead atoms. The van der Waals surface area contributed by atoms with Gasteiger partial charge in [0.25, 0.3) is 11.8 Å². The zero-order valence-electron chi connectivity index (χ0n) is 15.0. The van der Waals surface area contributed by atoms with Crippen LogP contribution in [0.3, 0.4) is 0 Å². The Bertz CT molecular complexity index is 972. The van der Waals surface area contributed by atoms with E-state index in [1.807, 2.05) is 24.4 Å². The first kappa shape index (κ1) is 17.1. The van der Waals surface area contributed by atoms with Crippen LogP contribution in [0.2, 0.25) is 0 Å². The Labute approximate surface area is 156 Å². The molecule has 7 nitrogen and oxygen atoms in total. The van der Waals surface area contributed by atoms with E-state index in [2.05, 4.69) is 5.10 Å². The molecule has 138 valence electrons. The van der Waals surface area contributed by atoms with E-state index < -0.39 is 0 Å². The van der Waals surface area contributed by atoms with E-state index >= 15 is 0 Å². The monoisotopic (exact) mass is 364 g/mol. The molecule has 7 heteroatoms. The summed E-state index contributed by atoms with van der Waals surface area (Å²) < 4.78 is 6.82. The van der Waals surface area contributed by atoms with Crippen LogP contribution in [-0.2, 0) is 0 Å². The Morgan fingerprint density at radius 3 is 2.26 bits per heavy atom. The molecular weight excluding hydrogens is 344 g/mol. The van der Waals surface area contributed by atoms with Crippen molar-refractivity contribution in [2.24, 2.45) is 0 Å². The van der Waals surface area contributed by atoms with Crippen LogP contribution >= 0.6 is 0 Å². The number of nitrogens with zero attached hydrogens (tertiary/aromatic N) is 4. The lowest BCUT2D eigenvalue weighted by Crippen LogP contribution is -2.50. The maximum Gasteiger partial charge on any atom is 0.257 e. The van der Waals surface area contributed by atoms with Gasteiger partial charge in [0.05, 0.1) is 24.4 Å². The van der Waals surface area contributed by atoms with Crippen molar-refractivity contribution in [2.45, 2.75) is 0 Å². The first-order chi connectivity index (χ1) is 13.2. The predicted octanol–water partition coefficient (Wildman–Crippen LogP) is 1.94. The fraction of sp³-hybridized carbons (Fsp3) is 0.250. The molecule has 27 heavy (non-hydrogen) atoms. The van der Waals surface area contributed by atoms with Gasteiger partial charge in [-0.3, -0.25) is 9.59 Å². The quantitative estimate of drug-likeness (QED) is 0.712. The number of fused-ring (bicyclic) bond motifs is 1. The topological polar surface area (TPSA) is 67.2 Å². The summed E-state index contributed by atoms with van der Waals surface area (Å²) in [6.07, 6.45) is 3.42. The summed E-state index contributed by atoms with van der Waals surface area (Å²) in [5.41, 5.74) is 2.00. The minimum Gasteiger partial charge on any atom is -0.497 e. The number of piperazine rings is 1. The van der Waals surface area contributed by atoms with Crippen LogP contribution in [0, 0.1) is 0 Å². The highest BCUT2D eigenvalue weighted by Crippen LogP contribution is 2.17. The van der Waals surface area contributed by atoms with Crippen LogP contribution in [0.25, 0.3) is 5.52 Å². The van der Waals surface area contributed by atoms with Crippen LogP contribution < -0.4 is 4.74 Å². The second kappa shape index (κ2) is 7.11. The van der Waals surface area contributed by atoms with Gasteiger partial charge in [-0.15, -0.1) is 0 Å². The third-order valence-electron chi connectivity index (χ3n) is 4.85. The van der Waals surface area contributed by atoms with Crippen molar-refractivity contribution < 1.29 is 14.3 Å². The first-order valence-corrected chi connectivity index (χ1v) is 8.82. The number of methoxy groups -OCH3 is 1. The van der Waals surface area contributed by atoms with E-state index in [-0.39, 0.29) is 11.8 Å². The van der Waals surface area contributed by atoms with Gasteiger partial charge in [-0.1, -0.05) is 6.07 Å². The van der Waals surface area contributed by atoms with Crippen LogP contribution in [0.15, 0.2) is 54.9 Å². The minimum absolute atomic E-state index is 0.0271. The van der Waals surface area contributed by atoms with Crippen LogP contribution in [-0.4, -0.2) is 64.5 Å². The van der Waals surface area contributed by atoms with Crippen LogP contribution in [0.4, 0.5) is 0 Å². The zero-order valence-corrected chi connectivity index (χ0v) is 15.0.